The minimum Gasteiger partial charge on any atom is -0.507 e. The number of aliphatic carboxylic acids is 1. The molecule has 7 nitrogen and oxygen atoms in total. The zero-order valence-electron chi connectivity index (χ0n) is 16.8. The lowest BCUT2D eigenvalue weighted by Gasteiger charge is -2.20. The molecule has 0 aliphatic rings. The molecule has 31 heavy (non-hydrogen) atoms. The number of rotatable bonds is 8. The highest BCUT2D eigenvalue weighted by Gasteiger charge is 2.24. The van der Waals surface area contributed by atoms with Crippen LogP contribution in [0.3, 0.4) is 0 Å². The van der Waals surface area contributed by atoms with Crippen LogP contribution in [0.2, 0.25) is 10.0 Å². The minimum absolute atomic E-state index is 0.00334. The van der Waals surface area contributed by atoms with E-state index in [1.54, 1.807) is 6.07 Å². The van der Waals surface area contributed by atoms with Crippen LogP contribution in [0.1, 0.15) is 25.8 Å². The number of halogens is 2. The normalized spacial score (nSPS) is 13.2. The summed E-state index contributed by atoms with van der Waals surface area (Å²) in [6.45, 7) is 3.71. The number of hydrogen-bond acceptors (Lipinski definition) is 6. The second-order valence-electron chi connectivity index (χ2n) is 7.13. The average Bonchev–Trinajstić information content (AvgIpc) is 2.72. The predicted molar refractivity (Wildman–Crippen MR) is 118 cm³/mol. The van der Waals surface area contributed by atoms with Crippen molar-refractivity contribution >= 4 is 40.1 Å². The van der Waals surface area contributed by atoms with E-state index in [0.717, 1.165) is 6.26 Å². The van der Waals surface area contributed by atoms with Crippen LogP contribution in [0.5, 0.6) is 17.2 Å². The maximum absolute atomic E-state index is 12.9. The van der Waals surface area contributed by atoms with Crippen molar-refractivity contribution in [2.45, 2.75) is 32.9 Å². The van der Waals surface area contributed by atoms with Crippen LogP contribution in [-0.2, 0) is 11.3 Å². The number of ether oxygens (including phenoxy) is 1. The molecule has 2 atom stereocenters. The van der Waals surface area contributed by atoms with E-state index in [4.69, 9.17) is 32.4 Å². The van der Waals surface area contributed by atoms with Gasteiger partial charge in [0.05, 0.1) is 16.0 Å². The lowest BCUT2D eigenvalue weighted by atomic mass is 9.99. The van der Waals surface area contributed by atoms with Crippen molar-refractivity contribution in [1.82, 2.24) is 5.32 Å². The van der Waals surface area contributed by atoms with Gasteiger partial charge in [-0.2, -0.15) is 0 Å². The summed E-state index contributed by atoms with van der Waals surface area (Å²) in [5, 5.41) is 23.5. The molecule has 3 N–H and O–H groups in total. The quantitative estimate of drug-likeness (QED) is 0.419. The number of aromatic hydroxyl groups is 1. The monoisotopic (exact) mass is 465 g/mol. The van der Waals surface area contributed by atoms with Gasteiger partial charge in [-0.05, 0) is 36.2 Å². The Morgan fingerprint density at radius 3 is 2.61 bits per heavy atom. The summed E-state index contributed by atoms with van der Waals surface area (Å²) < 4.78 is 11.2. The van der Waals surface area contributed by atoms with E-state index in [-0.39, 0.29) is 51.3 Å². The number of phenolic OH excluding ortho intramolecular Hbond substituents is 1. The Bertz CT molecular complexity index is 1180. The molecule has 2 aromatic carbocycles. The topological polar surface area (TPSA) is 109 Å². The standard InChI is InChI=1S/C22H21Cl2NO6/c1-3-11(2)19(22(28)29)25-9-14-16(26)6-5-13-20(27)18(10-30-21(13)14)31-17-7-4-12(23)8-15(17)24/h4-8,10-11,19,25-26H,3,9H2,1-2H3,(H,28,29)/t11-,19+/m0/s1. The van der Waals surface area contributed by atoms with Crippen LogP contribution in [0.25, 0.3) is 11.0 Å². The molecule has 0 bridgehead atoms. The summed E-state index contributed by atoms with van der Waals surface area (Å²) in [6.07, 6.45) is 1.79. The number of nitrogens with one attached hydrogen (secondary N) is 1. The van der Waals surface area contributed by atoms with Crippen molar-refractivity contribution in [2.75, 3.05) is 0 Å². The Hall–Kier alpha value is -2.74. The van der Waals surface area contributed by atoms with Gasteiger partial charge in [-0.25, -0.2) is 0 Å². The number of phenols is 1. The van der Waals surface area contributed by atoms with E-state index in [9.17, 15) is 19.8 Å². The molecule has 0 aliphatic heterocycles. The van der Waals surface area contributed by atoms with Crippen molar-refractivity contribution < 1.29 is 24.2 Å². The third-order valence-electron chi connectivity index (χ3n) is 5.08. The average molecular weight is 466 g/mol. The van der Waals surface area contributed by atoms with Crippen LogP contribution in [-0.4, -0.2) is 22.2 Å². The van der Waals surface area contributed by atoms with Gasteiger partial charge in [0.25, 0.3) is 0 Å². The summed E-state index contributed by atoms with van der Waals surface area (Å²) in [5.74, 6) is -1.11. The van der Waals surface area contributed by atoms with E-state index < -0.39 is 17.4 Å². The number of carboxylic acid groups (broad SMARTS) is 1. The number of hydrogen-bond donors (Lipinski definition) is 3. The molecule has 1 aromatic heterocycles. The summed E-state index contributed by atoms with van der Waals surface area (Å²) in [6, 6.07) is 6.54. The first-order chi connectivity index (χ1) is 14.7. The number of carbonyl (C=O) groups is 1. The first-order valence-corrected chi connectivity index (χ1v) is 10.3. The first kappa shape index (κ1) is 22.9. The van der Waals surface area contributed by atoms with E-state index in [0.29, 0.717) is 11.4 Å². The van der Waals surface area contributed by atoms with Gasteiger partial charge in [-0.1, -0.05) is 43.5 Å². The second-order valence-corrected chi connectivity index (χ2v) is 7.97. The highest BCUT2D eigenvalue weighted by atomic mass is 35.5. The zero-order valence-corrected chi connectivity index (χ0v) is 18.3. The lowest BCUT2D eigenvalue weighted by Crippen LogP contribution is -2.41. The molecule has 0 saturated carbocycles. The van der Waals surface area contributed by atoms with Crippen molar-refractivity contribution in [1.29, 1.82) is 0 Å². The summed E-state index contributed by atoms with van der Waals surface area (Å²) in [4.78, 5) is 24.5. The second kappa shape index (κ2) is 9.60. The largest absolute Gasteiger partial charge is 0.507 e. The SMILES string of the molecule is CC[C@H](C)[C@@H](NCc1c(O)ccc2c(=O)c(Oc3ccc(Cl)cc3Cl)coc12)C(=O)O. The fourth-order valence-corrected chi connectivity index (χ4v) is 3.57. The molecule has 0 aliphatic carbocycles. The Morgan fingerprint density at radius 2 is 1.97 bits per heavy atom. The number of carboxylic acids is 1. The predicted octanol–water partition coefficient (Wildman–Crippen LogP) is 5.19. The molecule has 0 amide bonds. The molecule has 0 fully saturated rings. The molecule has 0 unspecified atom stereocenters. The molecule has 0 saturated heterocycles. The van der Waals surface area contributed by atoms with Crippen LogP contribution < -0.4 is 15.5 Å². The van der Waals surface area contributed by atoms with Gasteiger partial charge in [0.2, 0.25) is 11.2 Å². The van der Waals surface area contributed by atoms with Crippen molar-refractivity contribution in [3.8, 4) is 17.2 Å². The van der Waals surface area contributed by atoms with Gasteiger partial charge in [0, 0.05) is 11.6 Å². The lowest BCUT2D eigenvalue weighted by molar-refractivity contribution is -0.140. The smallest absolute Gasteiger partial charge is 0.320 e. The Labute approximate surface area is 188 Å². The van der Waals surface area contributed by atoms with Gasteiger partial charge in [0.15, 0.2) is 0 Å². The van der Waals surface area contributed by atoms with Crippen LogP contribution in [0.15, 0.2) is 45.8 Å². The third-order valence-corrected chi connectivity index (χ3v) is 5.61. The molecule has 0 radical (unpaired) electrons. The molecule has 3 aromatic rings. The van der Waals surface area contributed by atoms with E-state index >= 15 is 0 Å². The zero-order chi connectivity index (χ0) is 22.7. The molecule has 9 heteroatoms. The van der Waals surface area contributed by atoms with Crippen LogP contribution in [0.4, 0.5) is 0 Å². The molecular weight excluding hydrogens is 445 g/mol. The van der Waals surface area contributed by atoms with Gasteiger partial charge in [-0.3, -0.25) is 14.9 Å². The van der Waals surface area contributed by atoms with Crippen LogP contribution in [0, 0.1) is 5.92 Å². The maximum atomic E-state index is 12.9. The highest BCUT2D eigenvalue weighted by Crippen LogP contribution is 2.32. The highest BCUT2D eigenvalue weighted by molar-refractivity contribution is 6.35. The van der Waals surface area contributed by atoms with E-state index in [2.05, 4.69) is 5.32 Å². The molecular formula is C22H21Cl2NO6. The molecule has 1 heterocycles. The van der Waals surface area contributed by atoms with Gasteiger partial charge < -0.3 is 19.4 Å². The first-order valence-electron chi connectivity index (χ1n) is 9.58. The van der Waals surface area contributed by atoms with E-state index in [1.807, 2.05) is 13.8 Å². The number of benzene rings is 2. The Kier molecular flexibility index (Phi) is 7.10. The fourth-order valence-electron chi connectivity index (χ4n) is 3.13. The maximum Gasteiger partial charge on any atom is 0.320 e. The minimum atomic E-state index is -0.994. The van der Waals surface area contributed by atoms with Gasteiger partial charge >= 0.3 is 5.97 Å². The molecule has 0 spiro atoms. The molecule has 3 rings (SSSR count). The summed E-state index contributed by atoms with van der Waals surface area (Å²) >= 11 is 12.0. The Morgan fingerprint density at radius 1 is 1.23 bits per heavy atom. The fraction of sp³-hybridized carbons (Fsp3) is 0.273. The van der Waals surface area contributed by atoms with Crippen molar-refractivity contribution in [2.24, 2.45) is 5.92 Å². The van der Waals surface area contributed by atoms with Crippen molar-refractivity contribution in [3.63, 3.8) is 0 Å². The number of fused-ring (bicyclic) bond motifs is 1. The molecule has 164 valence electrons. The third kappa shape index (κ3) is 4.95. The Balaban J connectivity index is 1.96. The van der Waals surface area contributed by atoms with E-state index in [1.165, 1.54) is 24.3 Å². The summed E-state index contributed by atoms with van der Waals surface area (Å²) in [7, 11) is 0. The van der Waals surface area contributed by atoms with Crippen molar-refractivity contribution in [3.05, 3.63) is 62.4 Å². The van der Waals surface area contributed by atoms with Gasteiger partial charge in [0.1, 0.15) is 29.4 Å². The van der Waals surface area contributed by atoms with Gasteiger partial charge in [-0.15, -0.1) is 0 Å². The summed E-state index contributed by atoms with van der Waals surface area (Å²) in [5.41, 5.74) is -0.0502. The van der Waals surface area contributed by atoms with Crippen LogP contribution >= 0.6 is 23.2 Å².